The summed E-state index contributed by atoms with van der Waals surface area (Å²) in [4.78, 5) is 50.5. The van der Waals surface area contributed by atoms with Crippen LogP contribution >= 0.6 is 0 Å². The third-order valence-corrected chi connectivity index (χ3v) is 4.48. The van der Waals surface area contributed by atoms with Crippen molar-refractivity contribution < 1.29 is 19.2 Å². The number of carbonyl (C=O) groups is 4. The predicted octanol–water partition coefficient (Wildman–Crippen LogP) is 2.90. The van der Waals surface area contributed by atoms with Crippen LogP contribution in [0.2, 0.25) is 0 Å². The monoisotopic (exact) mass is 379 g/mol. The number of benzene rings is 2. The fourth-order valence-electron chi connectivity index (χ4n) is 3.24. The quantitative estimate of drug-likeness (QED) is 0.781. The van der Waals surface area contributed by atoms with Gasteiger partial charge in [0.15, 0.2) is 0 Å². The van der Waals surface area contributed by atoms with Gasteiger partial charge in [0.05, 0.1) is 11.1 Å². The highest BCUT2D eigenvalue weighted by Gasteiger charge is 2.43. The molecular weight excluding hydrogens is 358 g/mol. The van der Waals surface area contributed by atoms with Crippen LogP contribution in [-0.4, -0.2) is 34.6 Å². The summed E-state index contributed by atoms with van der Waals surface area (Å²) in [6.45, 7) is 4.98. The van der Waals surface area contributed by atoms with E-state index < -0.39 is 23.8 Å². The Morgan fingerprint density at radius 3 is 1.71 bits per heavy atom. The van der Waals surface area contributed by atoms with Crippen LogP contribution in [-0.2, 0) is 9.59 Å². The van der Waals surface area contributed by atoms with Crippen molar-refractivity contribution in [2.24, 2.45) is 5.92 Å². The average molecular weight is 379 g/mol. The van der Waals surface area contributed by atoms with Gasteiger partial charge >= 0.3 is 0 Å². The summed E-state index contributed by atoms with van der Waals surface area (Å²) < 4.78 is 0. The number of rotatable bonds is 5. The molecule has 7 heteroatoms. The summed E-state index contributed by atoms with van der Waals surface area (Å²) in [6, 6.07) is 12.2. The summed E-state index contributed by atoms with van der Waals surface area (Å²) in [6.07, 6.45) is 0. The van der Waals surface area contributed by atoms with Crippen molar-refractivity contribution in [1.29, 1.82) is 0 Å². The summed E-state index contributed by atoms with van der Waals surface area (Å²) in [7, 11) is 0. The normalized spacial score (nSPS) is 14.1. The molecule has 28 heavy (non-hydrogen) atoms. The summed E-state index contributed by atoms with van der Waals surface area (Å²) in [5, 5.41) is 5.39. The van der Waals surface area contributed by atoms with Crippen molar-refractivity contribution in [3.05, 3.63) is 59.7 Å². The Balaban J connectivity index is 1.81. The van der Waals surface area contributed by atoms with E-state index >= 15 is 0 Å². The number of carbonyl (C=O) groups excluding carboxylic acids is 4. The number of amides is 4. The van der Waals surface area contributed by atoms with Crippen LogP contribution in [0.4, 0.5) is 11.4 Å². The van der Waals surface area contributed by atoms with Gasteiger partial charge in [0.25, 0.3) is 11.8 Å². The lowest BCUT2D eigenvalue weighted by molar-refractivity contribution is -0.121. The standard InChI is InChI=1S/C21H21N3O4/c1-12(2)18(24-20(27)16-6-4-5-7-17(16)21(24)28)19(26)23-15-10-8-14(9-11-15)22-13(3)25/h4-12,18H,1-3H3,(H,22,25)(H,23,26)/t18-/m0/s1. The van der Waals surface area contributed by atoms with Gasteiger partial charge < -0.3 is 10.6 Å². The van der Waals surface area contributed by atoms with E-state index in [0.717, 1.165) is 4.90 Å². The average Bonchev–Trinajstić information content (AvgIpc) is 2.88. The minimum Gasteiger partial charge on any atom is -0.326 e. The molecule has 2 N–H and O–H groups in total. The van der Waals surface area contributed by atoms with Crippen molar-refractivity contribution in [3.8, 4) is 0 Å². The van der Waals surface area contributed by atoms with Gasteiger partial charge in [-0.3, -0.25) is 24.1 Å². The smallest absolute Gasteiger partial charge is 0.262 e. The lowest BCUT2D eigenvalue weighted by atomic mass is 10.0. The van der Waals surface area contributed by atoms with Crippen molar-refractivity contribution >= 4 is 35.0 Å². The van der Waals surface area contributed by atoms with Crippen LogP contribution in [0.3, 0.4) is 0 Å². The molecule has 1 aliphatic rings. The second-order valence-corrected chi connectivity index (χ2v) is 6.96. The molecular formula is C21H21N3O4. The zero-order valence-electron chi connectivity index (χ0n) is 15.9. The van der Waals surface area contributed by atoms with E-state index in [2.05, 4.69) is 10.6 Å². The van der Waals surface area contributed by atoms with E-state index in [-0.39, 0.29) is 11.8 Å². The van der Waals surface area contributed by atoms with Gasteiger partial charge in [-0.15, -0.1) is 0 Å². The molecule has 2 aromatic carbocycles. The topological polar surface area (TPSA) is 95.6 Å². The molecule has 0 saturated carbocycles. The Labute approximate surface area is 162 Å². The van der Waals surface area contributed by atoms with Crippen LogP contribution in [0.5, 0.6) is 0 Å². The van der Waals surface area contributed by atoms with Gasteiger partial charge in [-0.2, -0.15) is 0 Å². The van der Waals surface area contributed by atoms with E-state index in [1.165, 1.54) is 6.92 Å². The van der Waals surface area contributed by atoms with Gasteiger partial charge in [0.2, 0.25) is 11.8 Å². The van der Waals surface area contributed by atoms with Crippen LogP contribution in [0.15, 0.2) is 48.5 Å². The molecule has 0 saturated heterocycles. The van der Waals surface area contributed by atoms with Gasteiger partial charge in [-0.1, -0.05) is 26.0 Å². The number of fused-ring (bicyclic) bond motifs is 1. The maximum Gasteiger partial charge on any atom is 0.262 e. The maximum absolute atomic E-state index is 12.9. The first-order chi connectivity index (χ1) is 13.3. The van der Waals surface area contributed by atoms with Crippen molar-refractivity contribution in [1.82, 2.24) is 4.90 Å². The lowest BCUT2D eigenvalue weighted by Gasteiger charge is -2.28. The van der Waals surface area contributed by atoms with Gasteiger partial charge in [0.1, 0.15) is 6.04 Å². The second kappa shape index (κ2) is 7.64. The van der Waals surface area contributed by atoms with Gasteiger partial charge in [0, 0.05) is 18.3 Å². The summed E-state index contributed by atoms with van der Waals surface area (Å²) in [5.41, 5.74) is 1.73. The number of nitrogens with one attached hydrogen (secondary N) is 2. The Bertz CT molecular complexity index is 915. The Morgan fingerprint density at radius 2 is 1.29 bits per heavy atom. The fourth-order valence-corrected chi connectivity index (χ4v) is 3.24. The minimum atomic E-state index is -0.942. The fraction of sp³-hybridized carbons (Fsp3) is 0.238. The molecule has 0 bridgehead atoms. The minimum absolute atomic E-state index is 0.192. The number of anilines is 2. The highest BCUT2D eigenvalue weighted by molar-refractivity contribution is 6.23. The van der Waals surface area contributed by atoms with E-state index in [0.29, 0.717) is 22.5 Å². The van der Waals surface area contributed by atoms with E-state index in [9.17, 15) is 19.2 Å². The molecule has 0 radical (unpaired) electrons. The molecule has 0 spiro atoms. The molecule has 1 heterocycles. The Hall–Kier alpha value is -3.48. The number of hydrogen-bond acceptors (Lipinski definition) is 4. The Kier molecular flexibility index (Phi) is 5.26. The largest absolute Gasteiger partial charge is 0.326 e. The molecule has 2 aromatic rings. The molecule has 0 fully saturated rings. The first-order valence-electron chi connectivity index (χ1n) is 8.95. The van der Waals surface area contributed by atoms with Gasteiger partial charge in [-0.05, 0) is 42.3 Å². The Morgan fingerprint density at radius 1 is 0.821 bits per heavy atom. The van der Waals surface area contributed by atoms with E-state index in [4.69, 9.17) is 0 Å². The van der Waals surface area contributed by atoms with Crippen LogP contribution in [0.1, 0.15) is 41.5 Å². The van der Waals surface area contributed by atoms with Crippen LogP contribution in [0, 0.1) is 5.92 Å². The molecule has 3 rings (SSSR count). The molecule has 144 valence electrons. The zero-order chi connectivity index (χ0) is 20.4. The van der Waals surface area contributed by atoms with Crippen molar-refractivity contribution in [2.75, 3.05) is 10.6 Å². The number of nitrogens with zero attached hydrogens (tertiary/aromatic N) is 1. The van der Waals surface area contributed by atoms with E-state index in [1.807, 2.05) is 0 Å². The molecule has 7 nitrogen and oxygen atoms in total. The zero-order valence-corrected chi connectivity index (χ0v) is 15.9. The van der Waals surface area contributed by atoms with Crippen LogP contribution in [0.25, 0.3) is 0 Å². The lowest BCUT2D eigenvalue weighted by Crippen LogP contribution is -2.50. The van der Waals surface area contributed by atoms with Crippen molar-refractivity contribution in [2.45, 2.75) is 26.8 Å². The highest BCUT2D eigenvalue weighted by atomic mass is 16.2. The SMILES string of the molecule is CC(=O)Nc1ccc(NC(=O)[C@H](C(C)C)N2C(=O)c3ccccc3C2=O)cc1. The molecule has 1 aliphatic heterocycles. The second-order valence-electron chi connectivity index (χ2n) is 6.96. The highest BCUT2D eigenvalue weighted by Crippen LogP contribution is 2.28. The van der Waals surface area contributed by atoms with Crippen molar-refractivity contribution in [3.63, 3.8) is 0 Å². The third kappa shape index (κ3) is 3.64. The summed E-state index contributed by atoms with van der Waals surface area (Å²) in [5.74, 6) is -1.84. The first-order valence-corrected chi connectivity index (χ1v) is 8.95. The molecule has 0 aliphatic carbocycles. The molecule has 1 atom stereocenters. The predicted molar refractivity (Wildman–Crippen MR) is 105 cm³/mol. The number of imide groups is 1. The first kappa shape index (κ1) is 19.3. The van der Waals surface area contributed by atoms with Crippen LogP contribution < -0.4 is 10.6 Å². The van der Waals surface area contributed by atoms with Gasteiger partial charge in [-0.25, -0.2) is 0 Å². The summed E-state index contributed by atoms with van der Waals surface area (Å²) >= 11 is 0. The van der Waals surface area contributed by atoms with E-state index in [1.54, 1.807) is 62.4 Å². The molecule has 0 unspecified atom stereocenters. The third-order valence-electron chi connectivity index (χ3n) is 4.48. The maximum atomic E-state index is 12.9. The number of hydrogen-bond donors (Lipinski definition) is 2. The molecule has 0 aromatic heterocycles. The molecule has 4 amide bonds.